The molecule has 0 saturated carbocycles. The number of aliphatic hydroxyl groups excluding tert-OH is 1. The normalized spacial score (nSPS) is 19.9. The van der Waals surface area contributed by atoms with Crippen LogP contribution in [-0.4, -0.2) is 43.2 Å². The first kappa shape index (κ1) is 23.0. The molecule has 3 N–H and O–H groups in total. The van der Waals surface area contributed by atoms with Gasteiger partial charge in [-0.3, -0.25) is 0 Å². The second-order valence-corrected chi connectivity index (χ2v) is 9.54. The van der Waals surface area contributed by atoms with Crippen molar-refractivity contribution in [3.8, 4) is 0 Å². The van der Waals surface area contributed by atoms with E-state index in [2.05, 4.69) is 97.3 Å². The smallest absolute Gasteiger partial charge is 0.0829 e. The summed E-state index contributed by atoms with van der Waals surface area (Å²) in [6.07, 6.45) is 4.02. The molecule has 5 heteroatoms. The zero-order valence-electron chi connectivity index (χ0n) is 20.3. The lowest BCUT2D eigenvalue weighted by Crippen LogP contribution is -2.44. The molecule has 2 aromatic carbocycles. The maximum absolute atomic E-state index is 9.66. The van der Waals surface area contributed by atoms with E-state index >= 15 is 0 Å². The van der Waals surface area contributed by atoms with Crippen molar-refractivity contribution in [3.05, 3.63) is 83.9 Å². The van der Waals surface area contributed by atoms with Gasteiger partial charge < -0.3 is 25.5 Å². The number of anilines is 2. The molecule has 5 nitrogen and oxygen atoms in total. The molecule has 0 unspecified atom stereocenters. The highest BCUT2D eigenvalue weighted by molar-refractivity contribution is 5.85. The summed E-state index contributed by atoms with van der Waals surface area (Å²) in [5.74, 6) is 0. The number of nitrogens with one attached hydrogen (secondary N) is 2. The third kappa shape index (κ3) is 4.79. The first-order chi connectivity index (χ1) is 15.8. The monoisotopic (exact) mass is 444 g/mol. The van der Waals surface area contributed by atoms with E-state index in [1.54, 1.807) is 0 Å². The molecular weight excluding hydrogens is 408 g/mol. The molecule has 174 valence electrons. The van der Waals surface area contributed by atoms with E-state index in [0.29, 0.717) is 0 Å². The van der Waals surface area contributed by atoms with Crippen LogP contribution in [0.25, 0.3) is 11.1 Å². The van der Waals surface area contributed by atoms with E-state index in [1.165, 1.54) is 17.5 Å². The Morgan fingerprint density at radius 1 is 1.12 bits per heavy atom. The van der Waals surface area contributed by atoms with Crippen molar-refractivity contribution in [1.29, 1.82) is 0 Å². The van der Waals surface area contributed by atoms with Crippen LogP contribution >= 0.6 is 0 Å². The predicted molar refractivity (Wildman–Crippen MR) is 140 cm³/mol. The summed E-state index contributed by atoms with van der Waals surface area (Å²) in [5.41, 5.74) is 8.31. The van der Waals surface area contributed by atoms with Gasteiger partial charge in [0.1, 0.15) is 0 Å². The fourth-order valence-corrected chi connectivity index (χ4v) is 4.71. The van der Waals surface area contributed by atoms with Gasteiger partial charge in [0.05, 0.1) is 11.8 Å². The standard InChI is InChI=1S/C28H36N4O/c1-6-21(19-33)22-7-12-27-25(17-22)26(20(2)30-28(27,3)4)18-29-23-8-10-24(11-9-23)32-15-13-31(5)14-16-32/h7-12,17-19,29-30,33H,2,6,13-16H2,1,3-5H3/b21-19+,26-18+. The number of hydrogen-bond donors (Lipinski definition) is 3. The number of rotatable bonds is 5. The second-order valence-electron chi connectivity index (χ2n) is 9.54. The minimum Gasteiger partial charge on any atom is -0.515 e. The minimum atomic E-state index is -0.220. The van der Waals surface area contributed by atoms with Crippen molar-refractivity contribution in [2.24, 2.45) is 0 Å². The molecular formula is C28H36N4O. The Hall–Kier alpha value is -3.18. The number of likely N-dealkylation sites (N-methyl/N-ethyl adjacent to an activating group) is 1. The van der Waals surface area contributed by atoms with E-state index in [-0.39, 0.29) is 5.54 Å². The SMILES string of the molecule is C=C1NC(C)(C)c2ccc(/C(=C/O)CC)cc2/C1=C/Nc1ccc(N2CCN(C)CC2)cc1. The molecule has 0 aromatic heterocycles. The highest BCUT2D eigenvalue weighted by Crippen LogP contribution is 2.39. The Kier molecular flexibility index (Phi) is 6.52. The van der Waals surface area contributed by atoms with E-state index in [0.717, 1.165) is 66.3 Å². The average Bonchev–Trinajstić information content (AvgIpc) is 2.80. The second kappa shape index (κ2) is 9.36. The summed E-state index contributed by atoms with van der Waals surface area (Å²) < 4.78 is 0. The van der Waals surface area contributed by atoms with Crippen LogP contribution in [-0.2, 0) is 5.54 Å². The van der Waals surface area contributed by atoms with Crippen molar-refractivity contribution in [3.63, 3.8) is 0 Å². The van der Waals surface area contributed by atoms with Gasteiger partial charge in [-0.1, -0.05) is 25.6 Å². The van der Waals surface area contributed by atoms with E-state index in [9.17, 15) is 5.11 Å². The number of hydrogen-bond acceptors (Lipinski definition) is 5. The lowest BCUT2D eigenvalue weighted by Gasteiger charge is -2.38. The van der Waals surface area contributed by atoms with Crippen LogP contribution < -0.4 is 15.5 Å². The summed E-state index contributed by atoms with van der Waals surface area (Å²) in [4.78, 5) is 4.81. The summed E-state index contributed by atoms with van der Waals surface area (Å²) in [6.45, 7) is 15.0. The van der Waals surface area contributed by atoms with Crippen LogP contribution in [0.2, 0.25) is 0 Å². The molecule has 0 atom stereocenters. The third-order valence-corrected chi connectivity index (χ3v) is 6.80. The largest absolute Gasteiger partial charge is 0.515 e. The Morgan fingerprint density at radius 2 is 1.82 bits per heavy atom. The van der Waals surface area contributed by atoms with Gasteiger partial charge in [-0.2, -0.15) is 0 Å². The van der Waals surface area contributed by atoms with Crippen LogP contribution in [0, 0.1) is 0 Å². The van der Waals surface area contributed by atoms with E-state index in [4.69, 9.17) is 0 Å². The number of aliphatic hydroxyl groups is 1. The van der Waals surface area contributed by atoms with Gasteiger partial charge in [0.15, 0.2) is 0 Å². The maximum atomic E-state index is 9.66. The van der Waals surface area contributed by atoms with Crippen molar-refractivity contribution in [2.75, 3.05) is 43.4 Å². The summed E-state index contributed by atoms with van der Waals surface area (Å²) in [7, 11) is 2.18. The maximum Gasteiger partial charge on any atom is 0.0829 e. The summed E-state index contributed by atoms with van der Waals surface area (Å²) in [5, 5.41) is 16.7. The minimum absolute atomic E-state index is 0.220. The molecule has 0 bridgehead atoms. The Balaban J connectivity index is 1.60. The number of piperazine rings is 1. The van der Waals surface area contributed by atoms with Crippen molar-refractivity contribution in [1.82, 2.24) is 10.2 Å². The Morgan fingerprint density at radius 3 is 2.45 bits per heavy atom. The first-order valence-corrected chi connectivity index (χ1v) is 11.8. The molecule has 2 aliphatic heterocycles. The molecule has 2 aliphatic rings. The molecule has 0 spiro atoms. The average molecular weight is 445 g/mol. The van der Waals surface area contributed by atoms with Crippen molar-refractivity contribution in [2.45, 2.75) is 32.7 Å². The zero-order valence-corrected chi connectivity index (χ0v) is 20.3. The molecule has 0 radical (unpaired) electrons. The predicted octanol–water partition coefficient (Wildman–Crippen LogP) is 5.55. The van der Waals surface area contributed by atoms with Gasteiger partial charge in [-0.15, -0.1) is 0 Å². The zero-order chi connectivity index (χ0) is 23.6. The van der Waals surface area contributed by atoms with Crippen LogP contribution in [0.3, 0.4) is 0 Å². The Bertz CT molecular complexity index is 1070. The Labute approximate surface area is 198 Å². The van der Waals surface area contributed by atoms with Crippen molar-refractivity contribution >= 4 is 22.5 Å². The van der Waals surface area contributed by atoms with E-state index < -0.39 is 0 Å². The van der Waals surface area contributed by atoms with Crippen LogP contribution in [0.5, 0.6) is 0 Å². The molecule has 0 amide bonds. The van der Waals surface area contributed by atoms with Gasteiger partial charge >= 0.3 is 0 Å². The molecule has 2 aromatic rings. The molecule has 33 heavy (non-hydrogen) atoms. The number of fused-ring (bicyclic) bond motifs is 1. The van der Waals surface area contributed by atoms with Gasteiger partial charge in [-0.05, 0) is 79.9 Å². The van der Waals surface area contributed by atoms with E-state index in [1.807, 2.05) is 6.20 Å². The van der Waals surface area contributed by atoms with Gasteiger partial charge in [0, 0.05) is 55.0 Å². The van der Waals surface area contributed by atoms with Crippen molar-refractivity contribution < 1.29 is 5.11 Å². The van der Waals surface area contributed by atoms with Gasteiger partial charge in [0.2, 0.25) is 0 Å². The fourth-order valence-electron chi connectivity index (χ4n) is 4.71. The molecule has 0 aliphatic carbocycles. The number of allylic oxidation sites excluding steroid dienone is 2. The highest BCUT2D eigenvalue weighted by Gasteiger charge is 2.31. The fraction of sp³-hybridized carbons (Fsp3) is 0.357. The van der Waals surface area contributed by atoms with Crippen LogP contribution in [0.4, 0.5) is 11.4 Å². The number of nitrogens with zero attached hydrogens (tertiary/aromatic N) is 2. The molecule has 1 saturated heterocycles. The van der Waals surface area contributed by atoms with Gasteiger partial charge in [-0.25, -0.2) is 0 Å². The summed E-state index contributed by atoms with van der Waals surface area (Å²) in [6, 6.07) is 15.1. The van der Waals surface area contributed by atoms with Crippen LogP contribution in [0.1, 0.15) is 43.9 Å². The topological polar surface area (TPSA) is 50.8 Å². The first-order valence-electron chi connectivity index (χ1n) is 11.8. The third-order valence-electron chi connectivity index (χ3n) is 6.80. The lowest BCUT2D eigenvalue weighted by atomic mass is 9.80. The molecule has 4 rings (SSSR count). The quantitative estimate of drug-likeness (QED) is 0.528. The lowest BCUT2D eigenvalue weighted by molar-refractivity contribution is 0.313. The van der Waals surface area contributed by atoms with Gasteiger partial charge in [0.25, 0.3) is 0 Å². The highest BCUT2D eigenvalue weighted by atomic mass is 16.2. The summed E-state index contributed by atoms with van der Waals surface area (Å²) >= 11 is 0. The molecule has 2 heterocycles. The number of benzene rings is 2. The van der Waals surface area contributed by atoms with Crippen LogP contribution in [0.15, 0.2) is 67.2 Å². The molecule has 1 fully saturated rings.